The van der Waals surface area contributed by atoms with Crippen molar-refractivity contribution in [1.82, 2.24) is 4.98 Å². The van der Waals surface area contributed by atoms with E-state index in [1.165, 1.54) is 18.3 Å². The standard InChI is InChI=1S/C11H10N2O5/c1-18-11(15)10(14)6-5-12-7-3-2-4-8(9(6)7)13(16)17/h2-5,12,14-15H,1H3/p-1. The van der Waals surface area contributed by atoms with Gasteiger partial charge in [-0.05, 0) is 11.8 Å². The summed E-state index contributed by atoms with van der Waals surface area (Å²) in [5.74, 6) is -1.62. The van der Waals surface area contributed by atoms with Gasteiger partial charge in [-0.3, -0.25) is 10.1 Å². The summed E-state index contributed by atoms with van der Waals surface area (Å²) in [6, 6.07) is 4.39. The van der Waals surface area contributed by atoms with Gasteiger partial charge in [-0.15, -0.1) is 0 Å². The second-order valence-corrected chi connectivity index (χ2v) is 3.50. The number of nitro benzene ring substituents is 1. The number of nitrogens with one attached hydrogen (secondary N) is 1. The van der Waals surface area contributed by atoms with Crippen molar-refractivity contribution in [3.05, 3.63) is 46.0 Å². The second kappa shape index (κ2) is 4.28. The Morgan fingerprint density at radius 1 is 1.50 bits per heavy atom. The predicted octanol–water partition coefficient (Wildman–Crippen LogP) is 1.27. The van der Waals surface area contributed by atoms with Gasteiger partial charge in [-0.1, -0.05) is 6.07 Å². The van der Waals surface area contributed by atoms with Crippen LogP contribution in [0.2, 0.25) is 0 Å². The molecule has 0 atom stereocenters. The van der Waals surface area contributed by atoms with E-state index >= 15 is 0 Å². The molecule has 1 aromatic carbocycles. The van der Waals surface area contributed by atoms with Gasteiger partial charge in [0.2, 0.25) is 0 Å². The zero-order chi connectivity index (χ0) is 13.3. The maximum Gasteiger partial charge on any atom is 0.279 e. The summed E-state index contributed by atoms with van der Waals surface area (Å²) >= 11 is 0. The monoisotopic (exact) mass is 249 g/mol. The van der Waals surface area contributed by atoms with E-state index in [0.717, 1.165) is 7.11 Å². The van der Waals surface area contributed by atoms with Crippen LogP contribution in [0.4, 0.5) is 5.69 Å². The summed E-state index contributed by atoms with van der Waals surface area (Å²) in [6.07, 6.45) is 1.30. The van der Waals surface area contributed by atoms with Crippen LogP contribution in [-0.2, 0) is 4.74 Å². The number of non-ortho nitro benzene ring substituents is 1. The number of H-pyrrole nitrogens is 1. The molecule has 18 heavy (non-hydrogen) atoms. The van der Waals surface area contributed by atoms with Gasteiger partial charge in [0.15, 0.2) is 0 Å². The highest BCUT2D eigenvalue weighted by molar-refractivity contribution is 5.97. The molecule has 0 fully saturated rings. The van der Waals surface area contributed by atoms with Crippen LogP contribution < -0.4 is 5.11 Å². The zero-order valence-electron chi connectivity index (χ0n) is 9.34. The number of aromatic nitrogens is 1. The molecule has 2 N–H and O–H groups in total. The number of aliphatic hydroxyl groups is 1. The molecule has 0 radical (unpaired) electrons. The molecule has 0 saturated carbocycles. The number of hydrogen-bond donors (Lipinski definition) is 2. The highest BCUT2D eigenvalue weighted by Crippen LogP contribution is 2.31. The third-order valence-corrected chi connectivity index (χ3v) is 2.51. The maximum atomic E-state index is 11.8. The first-order chi connectivity index (χ1) is 8.56. The lowest BCUT2D eigenvalue weighted by Gasteiger charge is -2.12. The van der Waals surface area contributed by atoms with Gasteiger partial charge in [-0.2, -0.15) is 0 Å². The fourth-order valence-electron chi connectivity index (χ4n) is 1.70. The van der Waals surface area contributed by atoms with Gasteiger partial charge in [0.1, 0.15) is 0 Å². The van der Waals surface area contributed by atoms with E-state index in [9.17, 15) is 20.3 Å². The number of benzene rings is 1. The Hall–Kier alpha value is -2.70. The van der Waals surface area contributed by atoms with Crippen LogP contribution in [-0.4, -0.2) is 22.1 Å². The Balaban J connectivity index is 2.78. The van der Waals surface area contributed by atoms with Crippen LogP contribution in [0.25, 0.3) is 16.7 Å². The molecule has 0 bridgehead atoms. The van der Waals surface area contributed by atoms with Gasteiger partial charge >= 0.3 is 0 Å². The van der Waals surface area contributed by atoms with Gasteiger partial charge < -0.3 is 19.9 Å². The second-order valence-electron chi connectivity index (χ2n) is 3.50. The first-order valence-corrected chi connectivity index (χ1v) is 4.95. The van der Waals surface area contributed by atoms with E-state index in [-0.39, 0.29) is 16.6 Å². The number of aliphatic hydroxyl groups excluding tert-OH is 1. The van der Waals surface area contributed by atoms with E-state index in [4.69, 9.17) is 0 Å². The molecule has 0 spiro atoms. The van der Waals surface area contributed by atoms with Crippen molar-refractivity contribution in [3.63, 3.8) is 0 Å². The minimum absolute atomic E-state index is 0.00310. The summed E-state index contributed by atoms with van der Waals surface area (Å²) in [5, 5.41) is 32.1. The fourth-order valence-corrected chi connectivity index (χ4v) is 1.70. The molecule has 0 saturated heterocycles. The summed E-state index contributed by atoms with van der Waals surface area (Å²) in [6.45, 7) is 0. The number of hydrogen-bond acceptors (Lipinski definition) is 5. The van der Waals surface area contributed by atoms with Crippen molar-refractivity contribution in [1.29, 1.82) is 0 Å². The van der Waals surface area contributed by atoms with E-state index < -0.39 is 16.6 Å². The van der Waals surface area contributed by atoms with Crippen molar-refractivity contribution in [3.8, 4) is 0 Å². The Labute approximate surface area is 101 Å². The van der Waals surface area contributed by atoms with Crippen molar-refractivity contribution >= 4 is 22.3 Å². The molecule has 0 aliphatic rings. The minimum Gasteiger partial charge on any atom is -0.867 e. The number of nitro groups is 1. The Kier molecular flexibility index (Phi) is 2.80. The number of nitrogens with zero attached hydrogens (tertiary/aromatic N) is 1. The molecule has 1 aromatic heterocycles. The van der Waals surface area contributed by atoms with E-state index in [0.29, 0.717) is 5.52 Å². The first-order valence-electron chi connectivity index (χ1n) is 4.95. The van der Waals surface area contributed by atoms with Gasteiger partial charge in [0.25, 0.3) is 11.6 Å². The molecular weight excluding hydrogens is 240 g/mol. The van der Waals surface area contributed by atoms with Gasteiger partial charge in [0, 0.05) is 17.8 Å². The fraction of sp³-hybridized carbons (Fsp3) is 0.0909. The van der Waals surface area contributed by atoms with E-state index in [2.05, 4.69) is 9.72 Å². The molecule has 7 heteroatoms. The summed E-state index contributed by atoms with van der Waals surface area (Å²) in [4.78, 5) is 13.1. The van der Waals surface area contributed by atoms with E-state index in [1.807, 2.05) is 0 Å². The molecular formula is C11H9N2O5-. The van der Waals surface area contributed by atoms with Gasteiger partial charge in [0.05, 0.1) is 22.9 Å². The van der Waals surface area contributed by atoms with Crippen LogP contribution in [0, 0.1) is 10.1 Å². The number of rotatable bonds is 3. The molecule has 0 unspecified atom stereocenters. The van der Waals surface area contributed by atoms with Crippen LogP contribution >= 0.6 is 0 Å². The molecule has 0 aliphatic carbocycles. The number of ether oxygens (including phenoxy) is 1. The molecule has 1 heterocycles. The maximum absolute atomic E-state index is 11.8. The van der Waals surface area contributed by atoms with Crippen LogP contribution in [0.15, 0.2) is 30.3 Å². The molecule has 0 aliphatic heterocycles. The predicted molar refractivity (Wildman–Crippen MR) is 61.5 cm³/mol. The van der Waals surface area contributed by atoms with Gasteiger partial charge in [-0.25, -0.2) is 0 Å². The highest BCUT2D eigenvalue weighted by atomic mass is 16.6. The Bertz CT molecular complexity index is 644. The third-order valence-electron chi connectivity index (χ3n) is 2.51. The smallest absolute Gasteiger partial charge is 0.279 e. The van der Waals surface area contributed by atoms with Crippen LogP contribution in [0.3, 0.4) is 0 Å². The summed E-state index contributed by atoms with van der Waals surface area (Å²) in [7, 11) is 1.14. The largest absolute Gasteiger partial charge is 0.867 e. The molecule has 7 nitrogen and oxygen atoms in total. The lowest BCUT2D eigenvalue weighted by Crippen LogP contribution is -2.07. The highest BCUT2D eigenvalue weighted by Gasteiger charge is 2.17. The van der Waals surface area contributed by atoms with Crippen molar-refractivity contribution in [2.45, 2.75) is 0 Å². The van der Waals surface area contributed by atoms with Crippen LogP contribution in [0.1, 0.15) is 5.56 Å². The zero-order valence-corrected chi connectivity index (χ0v) is 9.34. The Morgan fingerprint density at radius 2 is 2.22 bits per heavy atom. The van der Waals surface area contributed by atoms with E-state index in [1.54, 1.807) is 6.07 Å². The molecule has 2 rings (SSSR count). The summed E-state index contributed by atoms with van der Waals surface area (Å²) < 4.78 is 4.42. The van der Waals surface area contributed by atoms with Crippen molar-refractivity contribution < 1.29 is 19.9 Å². The first kappa shape index (κ1) is 11.8. The average molecular weight is 249 g/mol. The molecule has 94 valence electrons. The number of aromatic amines is 1. The third kappa shape index (κ3) is 1.71. The average Bonchev–Trinajstić information content (AvgIpc) is 2.80. The van der Waals surface area contributed by atoms with Crippen molar-refractivity contribution in [2.24, 2.45) is 0 Å². The minimum atomic E-state index is -0.811. The molecule has 0 amide bonds. The van der Waals surface area contributed by atoms with Crippen LogP contribution in [0.5, 0.6) is 0 Å². The Morgan fingerprint density at radius 3 is 2.83 bits per heavy atom. The summed E-state index contributed by atoms with van der Waals surface area (Å²) in [5.41, 5.74) is 0.231. The topological polar surface area (TPSA) is 111 Å². The molecule has 2 aromatic rings. The number of fused-ring (bicyclic) bond motifs is 1. The quantitative estimate of drug-likeness (QED) is 0.483. The van der Waals surface area contributed by atoms with Crippen molar-refractivity contribution in [2.75, 3.05) is 7.11 Å². The SMILES string of the molecule is COC(O)=C([O-])c1c[nH]c2cccc([N+](=O)[O-])c12. The number of methoxy groups -OCH3 is 1. The normalized spacial score (nSPS) is 12.3. The lowest BCUT2D eigenvalue weighted by atomic mass is 10.1. The lowest BCUT2D eigenvalue weighted by molar-refractivity contribution is -0.383.